The summed E-state index contributed by atoms with van der Waals surface area (Å²) in [6.07, 6.45) is 1.92. The molecule has 1 aromatic carbocycles. The highest BCUT2D eigenvalue weighted by Gasteiger charge is 2.10. The molecule has 0 aliphatic rings. The van der Waals surface area contributed by atoms with Crippen LogP contribution < -0.4 is 10.5 Å². The molecule has 0 spiro atoms. The fourth-order valence-corrected chi connectivity index (χ4v) is 2.22. The number of nitrogens with zero attached hydrogens (tertiary/aromatic N) is 3. The molecule has 0 amide bonds. The maximum absolute atomic E-state index is 6.02. The van der Waals surface area contributed by atoms with Gasteiger partial charge in [-0.3, -0.25) is 4.40 Å². The first-order valence-electron chi connectivity index (χ1n) is 6.85. The number of rotatable bonds is 3. The quantitative estimate of drug-likeness (QED) is 0.802. The average Bonchev–Trinajstić information content (AvgIpc) is 2.88. The number of hydrogen-bond donors (Lipinski definition) is 1. The number of nitrogen functional groups attached to an aromatic ring is 1. The Labute approximate surface area is 123 Å². The molecule has 0 fully saturated rings. The van der Waals surface area contributed by atoms with Gasteiger partial charge >= 0.3 is 0 Å². The van der Waals surface area contributed by atoms with Gasteiger partial charge < -0.3 is 10.5 Å². The van der Waals surface area contributed by atoms with Crippen LogP contribution >= 0.6 is 0 Å². The average molecular weight is 282 g/mol. The standard InChI is InChI=1S/C16H18N4O/c1-10-4-5-11(2)13(8-10)21-9-14-18-19-16-15(17)12(3)6-7-20(14)16/h4-8H,9,17H2,1-3H3. The molecule has 0 unspecified atom stereocenters. The highest BCUT2D eigenvalue weighted by molar-refractivity contribution is 5.68. The van der Waals surface area contributed by atoms with Crippen LogP contribution in [0.5, 0.6) is 5.75 Å². The fourth-order valence-electron chi connectivity index (χ4n) is 2.22. The van der Waals surface area contributed by atoms with E-state index >= 15 is 0 Å². The maximum Gasteiger partial charge on any atom is 0.184 e. The van der Waals surface area contributed by atoms with Crippen LogP contribution in [-0.2, 0) is 6.61 Å². The second-order valence-electron chi connectivity index (χ2n) is 5.28. The summed E-state index contributed by atoms with van der Waals surface area (Å²) in [5.74, 6) is 1.60. The zero-order chi connectivity index (χ0) is 15.0. The Hall–Kier alpha value is -2.56. The largest absolute Gasteiger partial charge is 0.485 e. The summed E-state index contributed by atoms with van der Waals surface area (Å²) in [6, 6.07) is 8.09. The minimum absolute atomic E-state index is 0.355. The van der Waals surface area contributed by atoms with Gasteiger partial charge in [-0.1, -0.05) is 12.1 Å². The normalized spacial score (nSPS) is 11.0. The van der Waals surface area contributed by atoms with Gasteiger partial charge in [-0.05, 0) is 49.6 Å². The molecule has 2 N–H and O–H groups in total. The number of aromatic nitrogens is 3. The van der Waals surface area contributed by atoms with Gasteiger partial charge in [-0.15, -0.1) is 10.2 Å². The first-order valence-corrected chi connectivity index (χ1v) is 6.85. The smallest absolute Gasteiger partial charge is 0.184 e. The van der Waals surface area contributed by atoms with Crippen molar-refractivity contribution in [3.05, 3.63) is 53.0 Å². The van der Waals surface area contributed by atoms with Crippen molar-refractivity contribution in [2.45, 2.75) is 27.4 Å². The van der Waals surface area contributed by atoms with Crippen molar-refractivity contribution in [2.24, 2.45) is 0 Å². The molecule has 0 bridgehead atoms. The minimum atomic E-state index is 0.355. The molecule has 0 saturated carbocycles. The summed E-state index contributed by atoms with van der Waals surface area (Å²) in [5, 5.41) is 8.31. The molecular weight excluding hydrogens is 264 g/mol. The van der Waals surface area contributed by atoms with E-state index in [-0.39, 0.29) is 0 Å². The van der Waals surface area contributed by atoms with Gasteiger partial charge in [0, 0.05) is 6.20 Å². The molecule has 3 rings (SSSR count). The lowest BCUT2D eigenvalue weighted by atomic mass is 10.1. The van der Waals surface area contributed by atoms with Crippen molar-refractivity contribution < 1.29 is 4.74 Å². The van der Waals surface area contributed by atoms with Crippen molar-refractivity contribution in [2.75, 3.05) is 5.73 Å². The third-order valence-electron chi connectivity index (χ3n) is 3.61. The highest BCUT2D eigenvalue weighted by atomic mass is 16.5. The second kappa shape index (κ2) is 5.09. The predicted molar refractivity (Wildman–Crippen MR) is 82.4 cm³/mol. The van der Waals surface area contributed by atoms with E-state index in [0.717, 1.165) is 22.7 Å². The predicted octanol–water partition coefficient (Wildman–Crippen LogP) is 2.82. The number of nitrogens with two attached hydrogens (primary N) is 1. The molecule has 108 valence electrons. The van der Waals surface area contributed by atoms with Crippen LogP contribution in [0, 0.1) is 20.8 Å². The molecule has 0 radical (unpaired) electrons. The summed E-state index contributed by atoms with van der Waals surface area (Å²) in [5.41, 5.74) is 10.6. The Morgan fingerprint density at radius 2 is 1.90 bits per heavy atom. The zero-order valence-corrected chi connectivity index (χ0v) is 12.4. The number of ether oxygens (including phenoxy) is 1. The van der Waals surface area contributed by atoms with E-state index in [1.807, 2.05) is 49.6 Å². The van der Waals surface area contributed by atoms with Gasteiger partial charge in [-0.2, -0.15) is 0 Å². The maximum atomic E-state index is 6.02. The highest BCUT2D eigenvalue weighted by Crippen LogP contribution is 2.21. The number of anilines is 1. The Morgan fingerprint density at radius 1 is 1.10 bits per heavy atom. The van der Waals surface area contributed by atoms with E-state index in [2.05, 4.69) is 16.3 Å². The van der Waals surface area contributed by atoms with Gasteiger partial charge in [-0.25, -0.2) is 0 Å². The van der Waals surface area contributed by atoms with Crippen molar-refractivity contribution in [3.8, 4) is 5.75 Å². The van der Waals surface area contributed by atoms with E-state index in [1.165, 1.54) is 5.56 Å². The SMILES string of the molecule is Cc1ccc(C)c(OCc2nnc3c(N)c(C)ccn23)c1. The Morgan fingerprint density at radius 3 is 2.71 bits per heavy atom. The van der Waals surface area contributed by atoms with Crippen LogP contribution in [0.15, 0.2) is 30.5 Å². The van der Waals surface area contributed by atoms with E-state index in [4.69, 9.17) is 10.5 Å². The molecule has 5 heteroatoms. The first kappa shape index (κ1) is 13.4. The van der Waals surface area contributed by atoms with Crippen LogP contribution in [0.2, 0.25) is 0 Å². The Bertz CT molecular complexity index is 807. The molecule has 0 aliphatic heterocycles. The summed E-state index contributed by atoms with van der Waals surface area (Å²) in [4.78, 5) is 0. The molecule has 21 heavy (non-hydrogen) atoms. The van der Waals surface area contributed by atoms with E-state index in [9.17, 15) is 0 Å². The van der Waals surface area contributed by atoms with Crippen molar-refractivity contribution in [1.29, 1.82) is 0 Å². The minimum Gasteiger partial charge on any atom is -0.485 e. The number of fused-ring (bicyclic) bond motifs is 1. The topological polar surface area (TPSA) is 65.4 Å². The van der Waals surface area contributed by atoms with Crippen LogP contribution in [0.3, 0.4) is 0 Å². The Kier molecular flexibility index (Phi) is 3.25. The molecule has 3 aromatic rings. The number of aryl methyl sites for hydroxylation is 3. The number of pyridine rings is 1. The zero-order valence-electron chi connectivity index (χ0n) is 12.4. The van der Waals surface area contributed by atoms with Crippen LogP contribution in [0.25, 0.3) is 5.65 Å². The molecule has 5 nitrogen and oxygen atoms in total. The molecular formula is C16H18N4O. The molecule has 2 aromatic heterocycles. The third kappa shape index (κ3) is 2.42. The lowest BCUT2D eigenvalue weighted by Gasteiger charge is -2.09. The number of hydrogen-bond acceptors (Lipinski definition) is 4. The summed E-state index contributed by atoms with van der Waals surface area (Å²) >= 11 is 0. The molecule has 2 heterocycles. The lowest BCUT2D eigenvalue weighted by molar-refractivity contribution is 0.292. The second-order valence-corrected chi connectivity index (χ2v) is 5.28. The van der Waals surface area contributed by atoms with Gasteiger partial charge in [0.15, 0.2) is 11.5 Å². The Balaban J connectivity index is 1.89. The van der Waals surface area contributed by atoms with Gasteiger partial charge in [0.05, 0.1) is 5.69 Å². The summed E-state index contributed by atoms with van der Waals surface area (Å²) in [6.45, 7) is 6.38. The van der Waals surface area contributed by atoms with E-state index in [0.29, 0.717) is 17.9 Å². The van der Waals surface area contributed by atoms with Crippen molar-refractivity contribution in [1.82, 2.24) is 14.6 Å². The van der Waals surface area contributed by atoms with Gasteiger partial charge in [0.2, 0.25) is 0 Å². The first-order chi connectivity index (χ1) is 10.1. The molecule has 0 aliphatic carbocycles. The van der Waals surface area contributed by atoms with Gasteiger partial charge in [0.25, 0.3) is 0 Å². The van der Waals surface area contributed by atoms with Crippen LogP contribution in [0.1, 0.15) is 22.5 Å². The molecule has 0 atom stereocenters. The van der Waals surface area contributed by atoms with Crippen molar-refractivity contribution in [3.63, 3.8) is 0 Å². The van der Waals surface area contributed by atoms with Gasteiger partial charge in [0.1, 0.15) is 12.4 Å². The summed E-state index contributed by atoms with van der Waals surface area (Å²) in [7, 11) is 0. The van der Waals surface area contributed by atoms with Crippen LogP contribution in [0.4, 0.5) is 5.69 Å². The third-order valence-corrected chi connectivity index (χ3v) is 3.61. The van der Waals surface area contributed by atoms with E-state index in [1.54, 1.807) is 0 Å². The summed E-state index contributed by atoms with van der Waals surface area (Å²) < 4.78 is 7.74. The number of benzene rings is 1. The van der Waals surface area contributed by atoms with Crippen molar-refractivity contribution >= 4 is 11.3 Å². The van der Waals surface area contributed by atoms with E-state index < -0.39 is 0 Å². The lowest BCUT2D eigenvalue weighted by Crippen LogP contribution is -2.03. The molecule has 0 saturated heterocycles. The fraction of sp³-hybridized carbons (Fsp3) is 0.250. The van der Waals surface area contributed by atoms with Crippen LogP contribution in [-0.4, -0.2) is 14.6 Å². The monoisotopic (exact) mass is 282 g/mol.